The van der Waals surface area contributed by atoms with Crippen LogP contribution in [-0.2, 0) is 15.6 Å². The van der Waals surface area contributed by atoms with Gasteiger partial charge in [0.05, 0.1) is 10.6 Å². The highest BCUT2D eigenvalue weighted by molar-refractivity contribution is 9.10. The van der Waals surface area contributed by atoms with Crippen molar-refractivity contribution in [3.8, 4) is 0 Å². The second-order valence-corrected chi connectivity index (χ2v) is 6.91. The zero-order chi connectivity index (χ0) is 14.0. The predicted octanol–water partition coefficient (Wildman–Crippen LogP) is 3.14. The standard InChI is InChI=1S/C13H11BrFNO2S/c14-13-7-10(15)2-1-9(13)8-19(17,18)12-5-3-11(16)4-6-12/h1-7H,8,16H2. The van der Waals surface area contributed by atoms with Gasteiger partial charge in [-0.3, -0.25) is 0 Å². The lowest BCUT2D eigenvalue weighted by Gasteiger charge is -2.07. The summed E-state index contributed by atoms with van der Waals surface area (Å²) in [4.78, 5) is 0.193. The lowest BCUT2D eigenvalue weighted by molar-refractivity contribution is 0.594. The molecule has 0 saturated heterocycles. The lowest BCUT2D eigenvalue weighted by Crippen LogP contribution is -2.05. The summed E-state index contributed by atoms with van der Waals surface area (Å²) in [7, 11) is -3.47. The van der Waals surface area contributed by atoms with E-state index in [1.165, 1.54) is 42.5 Å². The van der Waals surface area contributed by atoms with Gasteiger partial charge < -0.3 is 5.73 Å². The van der Waals surface area contributed by atoms with E-state index in [0.29, 0.717) is 15.7 Å². The molecule has 2 aromatic rings. The van der Waals surface area contributed by atoms with Crippen molar-refractivity contribution in [2.75, 3.05) is 5.73 Å². The molecule has 19 heavy (non-hydrogen) atoms. The van der Waals surface area contributed by atoms with Crippen LogP contribution in [0.4, 0.5) is 10.1 Å². The summed E-state index contributed by atoms with van der Waals surface area (Å²) in [6.07, 6.45) is 0. The minimum absolute atomic E-state index is 0.193. The molecule has 0 bridgehead atoms. The number of nitrogens with two attached hydrogens (primary N) is 1. The first-order valence-electron chi connectivity index (χ1n) is 5.41. The summed E-state index contributed by atoms with van der Waals surface area (Å²) in [6.45, 7) is 0. The van der Waals surface area contributed by atoms with E-state index in [1.54, 1.807) is 0 Å². The Bertz CT molecular complexity index is 699. The molecule has 2 N–H and O–H groups in total. The van der Waals surface area contributed by atoms with Gasteiger partial charge in [-0.05, 0) is 42.0 Å². The molecule has 0 spiro atoms. The molecule has 2 rings (SSSR count). The molecule has 0 atom stereocenters. The van der Waals surface area contributed by atoms with E-state index >= 15 is 0 Å². The van der Waals surface area contributed by atoms with Crippen LogP contribution in [0.25, 0.3) is 0 Å². The molecule has 0 saturated carbocycles. The van der Waals surface area contributed by atoms with Crippen molar-refractivity contribution in [3.63, 3.8) is 0 Å². The van der Waals surface area contributed by atoms with Gasteiger partial charge in [0.25, 0.3) is 0 Å². The Morgan fingerprint density at radius 2 is 1.74 bits per heavy atom. The zero-order valence-corrected chi connectivity index (χ0v) is 12.2. The summed E-state index contributed by atoms with van der Waals surface area (Å²) in [6, 6.07) is 9.92. The van der Waals surface area contributed by atoms with E-state index in [0.717, 1.165) is 0 Å². The zero-order valence-electron chi connectivity index (χ0n) is 9.81. The van der Waals surface area contributed by atoms with Gasteiger partial charge in [0, 0.05) is 10.2 Å². The normalized spacial score (nSPS) is 11.5. The quantitative estimate of drug-likeness (QED) is 0.871. The Balaban J connectivity index is 2.33. The molecule has 0 aliphatic carbocycles. The van der Waals surface area contributed by atoms with Gasteiger partial charge in [0.2, 0.25) is 0 Å². The number of hydrogen-bond donors (Lipinski definition) is 1. The van der Waals surface area contributed by atoms with E-state index in [2.05, 4.69) is 15.9 Å². The summed E-state index contributed by atoms with van der Waals surface area (Å²) >= 11 is 3.16. The second kappa shape index (κ2) is 5.30. The van der Waals surface area contributed by atoms with Crippen LogP contribution >= 0.6 is 15.9 Å². The first-order valence-corrected chi connectivity index (χ1v) is 7.85. The largest absolute Gasteiger partial charge is 0.399 e. The molecule has 0 amide bonds. The van der Waals surface area contributed by atoms with Crippen molar-refractivity contribution in [1.29, 1.82) is 0 Å². The van der Waals surface area contributed by atoms with Crippen molar-refractivity contribution >= 4 is 31.5 Å². The Morgan fingerprint density at radius 3 is 2.32 bits per heavy atom. The minimum Gasteiger partial charge on any atom is -0.399 e. The Morgan fingerprint density at radius 1 is 1.11 bits per heavy atom. The SMILES string of the molecule is Nc1ccc(S(=O)(=O)Cc2ccc(F)cc2Br)cc1. The monoisotopic (exact) mass is 343 g/mol. The fourth-order valence-corrected chi connectivity index (χ4v) is 3.66. The highest BCUT2D eigenvalue weighted by Gasteiger charge is 2.17. The Kier molecular flexibility index (Phi) is 3.91. The molecule has 100 valence electrons. The van der Waals surface area contributed by atoms with Crippen LogP contribution in [-0.4, -0.2) is 8.42 Å². The lowest BCUT2D eigenvalue weighted by atomic mass is 10.2. The molecular formula is C13H11BrFNO2S. The third kappa shape index (κ3) is 3.33. The number of nitrogen functional groups attached to an aromatic ring is 1. The average molecular weight is 344 g/mol. The maximum Gasteiger partial charge on any atom is 0.182 e. The Labute approximate surface area is 119 Å². The highest BCUT2D eigenvalue weighted by Crippen LogP contribution is 2.24. The molecule has 0 aromatic heterocycles. The van der Waals surface area contributed by atoms with Crippen LogP contribution in [0.15, 0.2) is 51.8 Å². The average Bonchev–Trinajstić information content (AvgIpc) is 2.33. The smallest absolute Gasteiger partial charge is 0.182 e. The van der Waals surface area contributed by atoms with E-state index in [1.807, 2.05) is 0 Å². The summed E-state index contributed by atoms with van der Waals surface area (Å²) in [5.41, 5.74) is 6.53. The fraction of sp³-hybridized carbons (Fsp3) is 0.0769. The third-order valence-corrected chi connectivity index (χ3v) is 5.02. The maximum atomic E-state index is 13.0. The first kappa shape index (κ1) is 14.0. The van der Waals surface area contributed by atoms with Crippen LogP contribution in [0.2, 0.25) is 0 Å². The van der Waals surface area contributed by atoms with Gasteiger partial charge in [-0.25, -0.2) is 12.8 Å². The summed E-state index contributed by atoms with van der Waals surface area (Å²) in [5.74, 6) is -0.613. The molecule has 0 aliphatic heterocycles. The fourth-order valence-electron chi connectivity index (χ4n) is 1.60. The number of hydrogen-bond acceptors (Lipinski definition) is 3. The van der Waals surface area contributed by atoms with Crippen molar-refractivity contribution in [2.45, 2.75) is 10.6 Å². The molecule has 0 aliphatic rings. The van der Waals surface area contributed by atoms with E-state index < -0.39 is 15.7 Å². The molecule has 0 fully saturated rings. The van der Waals surface area contributed by atoms with Gasteiger partial charge in [0.1, 0.15) is 5.82 Å². The van der Waals surface area contributed by atoms with Gasteiger partial charge in [-0.15, -0.1) is 0 Å². The number of rotatable bonds is 3. The summed E-state index contributed by atoms with van der Waals surface area (Å²) < 4.78 is 37.8. The number of sulfone groups is 1. The van der Waals surface area contributed by atoms with E-state index in [-0.39, 0.29) is 10.6 Å². The molecule has 2 aromatic carbocycles. The van der Waals surface area contributed by atoms with Crippen molar-refractivity contribution in [1.82, 2.24) is 0 Å². The maximum absolute atomic E-state index is 13.0. The number of halogens is 2. The second-order valence-electron chi connectivity index (χ2n) is 4.06. The molecule has 0 radical (unpaired) electrons. The molecule has 0 unspecified atom stereocenters. The van der Waals surface area contributed by atoms with Crippen molar-refractivity contribution in [2.24, 2.45) is 0 Å². The number of benzene rings is 2. The molecular weight excluding hydrogens is 333 g/mol. The highest BCUT2D eigenvalue weighted by atomic mass is 79.9. The Hall–Kier alpha value is -1.40. The molecule has 6 heteroatoms. The van der Waals surface area contributed by atoms with Gasteiger partial charge in [-0.2, -0.15) is 0 Å². The van der Waals surface area contributed by atoms with Crippen LogP contribution in [0.5, 0.6) is 0 Å². The van der Waals surface area contributed by atoms with E-state index in [4.69, 9.17) is 5.73 Å². The van der Waals surface area contributed by atoms with Crippen LogP contribution in [0, 0.1) is 5.82 Å². The van der Waals surface area contributed by atoms with Gasteiger partial charge in [-0.1, -0.05) is 22.0 Å². The van der Waals surface area contributed by atoms with Crippen LogP contribution in [0.1, 0.15) is 5.56 Å². The van der Waals surface area contributed by atoms with Crippen molar-refractivity contribution < 1.29 is 12.8 Å². The topological polar surface area (TPSA) is 60.2 Å². The minimum atomic E-state index is -3.47. The number of anilines is 1. The third-order valence-electron chi connectivity index (χ3n) is 2.60. The van der Waals surface area contributed by atoms with Gasteiger partial charge in [0.15, 0.2) is 9.84 Å². The van der Waals surface area contributed by atoms with E-state index in [9.17, 15) is 12.8 Å². The molecule has 0 heterocycles. The predicted molar refractivity (Wildman–Crippen MR) is 75.8 cm³/mol. The summed E-state index contributed by atoms with van der Waals surface area (Å²) in [5, 5.41) is 0. The van der Waals surface area contributed by atoms with Crippen LogP contribution < -0.4 is 5.73 Å². The first-order chi connectivity index (χ1) is 8.88. The van der Waals surface area contributed by atoms with Crippen LogP contribution in [0.3, 0.4) is 0 Å². The molecule has 3 nitrogen and oxygen atoms in total. The van der Waals surface area contributed by atoms with Gasteiger partial charge >= 0.3 is 0 Å². The van der Waals surface area contributed by atoms with Crippen molar-refractivity contribution in [3.05, 3.63) is 58.3 Å².